The smallest absolute Gasteiger partial charge is 0.422 e. The molecule has 1 heterocycles. The maximum absolute atomic E-state index is 11.5. The summed E-state index contributed by atoms with van der Waals surface area (Å²) >= 11 is 0. The SMILES string of the molecule is O=C(OCC(F)(F)F)c1ccco1. The molecule has 0 N–H and O–H groups in total. The number of hydrogen-bond acceptors (Lipinski definition) is 3. The van der Waals surface area contributed by atoms with Crippen molar-refractivity contribution in [2.45, 2.75) is 6.18 Å². The Labute approximate surface area is 71.1 Å². The van der Waals surface area contributed by atoms with Crippen LogP contribution in [0.3, 0.4) is 0 Å². The first-order valence-corrected chi connectivity index (χ1v) is 3.26. The molecule has 0 aromatic carbocycles. The van der Waals surface area contributed by atoms with Crippen molar-refractivity contribution in [1.82, 2.24) is 0 Å². The summed E-state index contributed by atoms with van der Waals surface area (Å²) in [6, 6.07) is 2.60. The molecule has 6 heteroatoms. The topological polar surface area (TPSA) is 39.4 Å². The van der Waals surface area contributed by atoms with Crippen LogP contribution in [-0.2, 0) is 4.74 Å². The van der Waals surface area contributed by atoms with E-state index >= 15 is 0 Å². The molecule has 13 heavy (non-hydrogen) atoms. The second-order valence-corrected chi connectivity index (χ2v) is 2.17. The Morgan fingerprint density at radius 2 is 2.23 bits per heavy atom. The third-order valence-electron chi connectivity index (χ3n) is 1.09. The molecule has 0 spiro atoms. The maximum Gasteiger partial charge on any atom is 0.422 e. The van der Waals surface area contributed by atoms with Gasteiger partial charge in [-0.3, -0.25) is 0 Å². The Morgan fingerprint density at radius 3 is 2.69 bits per heavy atom. The van der Waals surface area contributed by atoms with Crippen molar-refractivity contribution >= 4 is 5.97 Å². The van der Waals surface area contributed by atoms with Gasteiger partial charge in [0.2, 0.25) is 5.76 Å². The van der Waals surface area contributed by atoms with Crippen LogP contribution in [0.5, 0.6) is 0 Å². The first-order valence-electron chi connectivity index (χ1n) is 3.26. The van der Waals surface area contributed by atoms with Gasteiger partial charge >= 0.3 is 12.1 Å². The number of hydrogen-bond donors (Lipinski definition) is 0. The summed E-state index contributed by atoms with van der Waals surface area (Å²) in [5.41, 5.74) is 0. The summed E-state index contributed by atoms with van der Waals surface area (Å²) in [4.78, 5) is 10.7. The van der Waals surface area contributed by atoms with E-state index in [9.17, 15) is 18.0 Å². The molecule has 0 atom stereocenters. The van der Waals surface area contributed by atoms with Crippen LogP contribution in [-0.4, -0.2) is 18.8 Å². The van der Waals surface area contributed by atoms with E-state index in [0.29, 0.717) is 0 Å². The summed E-state index contributed by atoms with van der Waals surface area (Å²) < 4.78 is 43.1. The number of esters is 1. The Balaban J connectivity index is 2.44. The molecule has 0 aliphatic rings. The fourth-order valence-corrected chi connectivity index (χ4v) is 0.613. The first kappa shape index (κ1) is 9.63. The predicted molar refractivity (Wildman–Crippen MR) is 35.0 cm³/mol. The second kappa shape index (κ2) is 3.51. The molecule has 72 valence electrons. The predicted octanol–water partition coefficient (Wildman–Crippen LogP) is 2.00. The molecule has 0 aliphatic heterocycles. The lowest BCUT2D eigenvalue weighted by molar-refractivity contribution is -0.161. The third-order valence-corrected chi connectivity index (χ3v) is 1.09. The third kappa shape index (κ3) is 3.18. The zero-order valence-electron chi connectivity index (χ0n) is 6.30. The minimum Gasteiger partial charge on any atom is -0.457 e. The molecule has 0 saturated heterocycles. The number of halogens is 3. The van der Waals surface area contributed by atoms with Gasteiger partial charge in [0.05, 0.1) is 6.26 Å². The van der Waals surface area contributed by atoms with Gasteiger partial charge in [-0.15, -0.1) is 0 Å². The standard InChI is InChI=1S/C7H5F3O3/c8-7(9,10)4-13-6(11)5-2-1-3-12-5/h1-3H,4H2. The Bertz CT molecular complexity index is 276. The van der Waals surface area contributed by atoms with Crippen molar-refractivity contribution in [1.29, 1.82) is 0 Å². The van der Waals surface area contributed by atoms with Crippen molar-refractivity contribution < 1.29 is 27.1 Å². The highest BCUT2D eigenvalue weighted by Crippen LogP contribution is 2.15. The van der Waals surface area contributed by atoms with Gasteiger partial charge in [0.15, 0.2) is 6.61 Å². The van der Waals surface area contributed by atoms with Gasteiger partial charge in [0.25, 0.3) is 0 Å². The number of carbonyl (C=O) groups excluding carboxylic acids is 1. The lowest BCUT2D eigenvalue weighted by Crippen LogP contribution is -2.20. The minimum absolute atomic E-state index is 0.246. The molecule has 3 nitrogen and oxygen atoms in total. The summed E-state index contributed by atoms with van der Waals surface area (Å²) in [5.74, 6) is -1.37. The zero-order chi connectivity index (χ0) is 9.90. The van der Waals surface area contributed by atoms with Crippen LogP contribution in [0.1, 0.15) is 10.6 Å². The highest BCUT2D eigenvalue weighted by Gasteiger charge is 2.30. The average molecular weight is 194 g/mol. The van der Waals surface area contributed by atoms with Crippen LogP contribution < -0.4 is 0 Å². The van der Waals surface area contributed by atoms with Crippen molar-refractivity contribution in [3.8, 4) is 0 Å². The van der Waals surface area contributed by atoms with Gasteiger partial charge in [-0.25, -0.2) is 4.79 Å². The van der Waals surface area contributed by atoms with Crippen LogP contribution in [0.15, 0.2) is 22.8 Å². The molecule has 0 radical (unpaired) electrons. The average Bonchev–Trinajstić information content (AvgIpc) is 2.50. The van der Waals surface area contributed by atoms with E-state index in [4.69, 9.17) is 0 Å². The van der Waals surface area contributed by atoms with E-state index in [1.807, 2.05) is 0 Å². The maximum atomic E-state index is 11.5. The fourth-order valence-electron chi connectivity index (χ4n) is 0.613. The van der Waals surface area contributed by atoms with Crippen molar-refractivity contribution in [3.05, 3.63) is 24.2 Å². The molecule has 1 aromatic rings. The number of furan rings is 1. The fraction of sp³-hybridized carbons (Fsp3) is 0.286. The van der Waals surface area contributed by atoms with E-state index in [-0.39, 0.29) is 5.76 Å². The summed E-state index contributed by atoms with van der Waals surface area (Å²) in [5, 5.41) is 0. The molecular formula is C7H5F3O3. The van der Waals surface area contributed by atoms with Gasteiger partial charge in [-0.05, 0) is 12.1 Å². The molecule has 0 bridgehead atoms. The highest BCUT2D eigenvalue weighted by molar-refractivity contribution is 5.86. The minimum atomic E-state index is -4.51. The molecule has 0 fully saturated rings. The first-order chi connectivity index (χ1) is 5.99. The molecule has 0 amide bonds. The normalized spacial score (nSPS) is 11.3. The quantitative estimate of drug-likeness (QED) is 0.676. The number of alkyl halides is 3. The van der Waals surface area contributed by atoms with Crippen LogP contribution in [0, 0.1) is 0 Å². The molecular weight excluding hydrogens is 189 g/mol. The van der Waals surface area contributed by atoms with E-state index in [1.54, 1.807) is 0 Å². The molecule has 0 saturated carbocycles. The number of rotatable bonds is 2. The lowest BCUT2D eigenvalue weighted by atomic mass is 10.5. The van der Waals surface area contributed by atoms with Crippen molar-refractivity contribution in [2.24, 2.45) is 0 Å². The zero-order valence-corrected chi connectivity index (χ0v) is 6.30. The van der Waals surface area contributed by atoms with Crippen molar-refractivity contribution in [3.63, 3.8) is 0 Å². The van der Waals surface area contributed by atoms with Crippen molar-refractivity contribution in [2.75, 3.05) is 6.61 Å². The van der Waals surface area contributed by atoms with Crippen LogP contribution in [0.25, 0.3) is 0 Å². The monoisotopic (exact) mass is 194 g/mol. The Morgan fingerprint density at radius 1 is 1.54 bits per heavy atom. The second-order valence-electron chi connectivity index (χ2n) is 2.17. The largest absolute Gasteiger partial charge is 0.457 e. The molecule has 0 aliphatic carbocycles. The van der Waals surface area contributed by atoms with Gasteiger partial charge in [0, 0.05) is 0 Å². The summed E-state index contributed by atoms with van der Waals surface area (Å²) in [7, 11) is 0. The molecule has 1 rings (SSSR count). The van der Waals surface area contributed by atoms with Gasteiger partial charge in [0.1, 0.15) is 0 Å². The van der Waals surface area contributed by atoms with E-state index in [2.05, 4.69) is 9.15 Å². The van der Waals surface area contributed by atoms with Crippen LogP contribution >= 0.6 is 0 Å². The summed E-state index contributed by atoms with van der Waals surface area (Å²) in [6.07, 6.45) is -3.34. The van der Waals surface area contributed by atoms with Gasteiger partial charge < -0.3 is 9.15 Å². The highest BCUT2D eigenvalue weighted by atomic mass is 19.4. The van der Waals surface area contributed by atoms with E-state index in [0.717, 1.165) is 0 Å². The van der Waals surface area contributed by atoms with E-state index < -0.39 is 18.8 Å². The number of carbonyl (C=O) groups is 1. The number of ether oxygens (including phenoxy) is 1. The van der Waals surface area contributed by atoms with Crippen LogP contribution in [0.4, 0.5) is 13.2 Å². The van der Waals surface area contributed by atoms with Gasteiger partial charge in [-0.1, -0.05) is 0 Å². The Hall–Kier alpha value is -1.46. The Kier molecular flexibility index (Phi) is 2.60. The lowest BCUT2D eigenvalue weighted by Gasteiger charge is -2.05. The van der Waals surface area contributed by atoms with Gasteiger partial charge in [-0.2, -0.15) is 13.2 Å². The summed E-state index contributed by atoms with van der Waals surface area (Å²) in [6.45, 7) is -1.60. The molecule has 1 aromatic heterocycles. The van der Waals surface area contributed by atoms with Crippen LogP contribution in [0.2, 0.25) is 0 Å². The van der Waals surface area contributed by atoms with E-state index in [1.165, 1.54) is 18.4 Å². The molecule has 0 unspecified atom stereocenters.